The van der Waals surface area contributed by atoms with Crippen LogP contribution in [0.4, 0.5) is 11.6 Å². The first-order valence-corrected chi connectivity index (χ1v) is 6.60. The second-order valence-electron chi connectivity index (χ2n) is 5.10. The molecular weight excluding hydrogens is 250 g/mol. The van der Waals surface area contributed by atoms with Crippen LogP contribution in [-0.2, 0) is 6.54 Å². The molecule has 0 saturated heterocycles. The van der Waals surface area contributed by atoms with Gasteiger partial charge >= 0.3 is 0 Å². The maximum absolute atomic E-state index is 9.22. The zero-order valence-corrected chi connectivity index (χ0v) is 12.0. The summed E-state index contributed by atoms with van der Waals surface area (Å²) in [7, 11) is 0. The van der Waals surface area contributed by atoms with Crippen LogP contribution in [0.15, 0.2) is 24.3 Å². The topological polar surface area (TPSA) is 79.7 Å². The number of nitrogens with one attached hydrogen (secondary N) is 1. The summed E-state index contributed by atoms with van der Waals surface area (Å²) in [4.78, 5) is 0. The molecule has 1 aromatic carbocycles. The molecule has 0 spiro atoms. The summed E-state index contributed by atoms with van der Waals surface area (Å²) in [5, 5.41) is 16.8. The normalized spacial score (nSPS) is 10.6. The number of anilines is 2. The summed E-state index contributed by atoms with van der Waals surface area (Å²) in [6.45, 7) is 6.61. The van der Waals surface area contributed by atoms with Gasteiger partial charge in [-0.2, -0.15) is 10.4 Å². The van der Waals surface area contributed by atoms with Crippen LogP contribution in [0.5, 0.6) is 0 Å². The van der Waals surface area contributed by atoms with Gasteiger partial charge in [0.05, 0.1) is 6.54 Å². The van der Waals surface area contributed by atoms with E-state index in [1.807, 2.05) is 45.0 Å². The van der Waals surface area contributed by atoms with Crippen molar-refractivity contribution in [3.63, 3.8) is 0 Å². The van der Waals surface area contributed by atoms with Crippen LogP contribution in [-0.4, -0.2) is 15.8 Å². The number of nitrogens with zero attached hydrogens (tertiary/aromatic N) is 3. The Kier molecular flexibility index (Phi) is 3.94. The summed E-state index contributed by atoms with van der Waals surface area (Å²) in [6.07, 6.45) is 0. The number of benzene rings is 1. The van der Waals surface area contributed by atoms with E-state index in [2.05, 4.69) is 16.5 Å². The maximum atomic E-state index is 9.22. The second kappa shape index (κ2) is 5.66. The van der Waals surface area contributed by atoms with E-state index in [1.54, 1.807) is 4.68 Å². The Morgan fingerprint density at radius 3 is 2.70 bits per heavy atom. The lowest BCUT2D eigenvalue weighted by molar-refractivity contribution is 0.693. The summed E-state index contributed by atoms with van der Waals surface area (Å²) >= 11 is 0. The molecule has 0 radical (unpaired) electrons. The molecule has 1 aromatic heterocycles. The number of aromatic nitrogens is 2. The van der Waals surface area contributed by atoms with Gasteiger partial charge < -0.3 is 11.1 Å². The van der Waals surface area contributed by atoms with Crippen LogP contribution in [0.2, 0.25) is 0 Å². The summed E-state index contributed by atoms with van der Waals surface area (Å²) in [6, 6.07) is 10.4. The highest BCUT2D eigenvalue weighted by atomic mass is 15.3. The minimum atomic E-state index is 0.198. The lowest BCUT2D eigenvalue weighted by Gasteiger charge is -2.07. The number of nitriles is 1. The predicted molar refractivity (Wildman–Crippen MR) is 80.4 cm³/mol. The molecule has 5 heteroatoms. The Labute approximate surface area is 119 Å². The van der Waals surface area contributed by atoms with Gasteiger partial charge in [-0.05, 0) is 31.9 Å². The number of hydrogen-bond donors (Lipinski definition) is 2. The first-order valence-electron chi connectivity index (χ1n) is 6.60. The van der Waals surface area contributed by atoms with Gasteiger partial charge in [-0.25, -0.2) is 4.68 Å². The number of nitrogens with two attached hydrogens (primary N) is 1. The number of aryl methyl sites for hydroxylation is 1. The highest BCUT2D eigenvalue weighted by molar-refractivity contribution is 5.64. The molecule has 2 aromatic rings. The monoisotopic (exact) mass is 269 g/mol. The number of nitrogen functional groups attached to an aromatic ring is 1. The molecule has 0 amide bonds. The first kappa shape index (κ1) is 13.9. The van der Waals surface area contributed by atoms with E-state index >= 15 is 0 Å². The summed E-state index contributed by atoms with van der Waals surface area (Å²) in [5.74, 6) is 0.951. The molecule has 1 heterocycles. The van der Waals surface area contributed by atoms with E-state index in [0.29, 0.717) is 23.7 Å². The van der Waals surface area contributed by atoms with Crippen molar-refractivity contribution in [1.82, 2.24) is 9.78 Å². The van der Waals surface area contributed by atoms with Gasteiger partial charge in [-0.3, -0.25) is 0 Å². The summed E-state index contributed by atoms with van der Waals surface area (Å²) < 4.78 is 1.67. The number of rotatable bonds is 4. The standard InChI is InChI=1S/C15H19N5/c1-10(2)18-15-13(8-16)14(17)20(19-15)9-12-7-5-4-6-11(12)3/h4-7,10H,9,17H2,1-3H3,(H,18,19). The van der Waals surface area contributed by atoms with Crippen molar-refractivity contribution < 1.29 is 0 Å². The highest BCUT2D eigenvalue weighted by Crippen LogP contribution is 2.22. The quantitative estimate of drug-likeness (QED) is 0.893. The Morgan fingerprint density at radius 2 is 2.10 bits per heavy atom. The maximum Gasteiger partial charge on any atom is 0.168 e. The molecule has 0 aliphatic rings. The van der Waals surface area contributed by atoms with Crippen LogP contribution in [0.3, 0.4) is 0 Å². The zero-order valence-electron chi connectivity index (χ0n) is 12.0. The lowest BCUT2D eigenvalue weighted by atomic mass is 10.1. The number of hydrogen-bond acceptors (Lipinski definition) is 4. The Morgan fingerprint density at radius 1 is 1.40 bits per heavy atom. The van der Waals surface area contributed by atoms with Crippen molar-refractivity contribution in [1.29, 1.82) is 5.26 Å². The van der Waals surface area contributed by atoms with E-state index in [-0.39, 0.29) is 6.04 Å². The molecule has 20 heavy (non-hydrogen) atoms. The third kappa shape index (κ3) is 2.75. The molecule has 0 saturated carbocycles. The predicted octanol–water partition coefficient (Wildman–Crippen LogP) is 2.51. The van der Waals surface area contributed by atoms with Gasteiger partial charge in [0.1, 0.15) is 17.5 Å². The van der Waals surface area contributed by atoms with Crippen LogP contribution >= 0.6 is 0 Å². The SMILES string of the molecule is Cc1ccccc1Cn1nc(NC(C)C)c(C#N)c1N. The average molecular weight is 269 g/mol. The van der Waals surface area contributed by atoms with Gasteiger partial charge in [0, 0.05) is 6.04 Å². The van der Waals surface area contributed by atoms with Gasteiger partial charge in [0.25, 0.3) is 0 Å². The second-order valence-corrected chi connectivity index (χ2v) is 5.10. The van der Waals surface area contributed by atoms with E-state index in [9.17, 15) is 5.26 Å². The largest absolute Gasteiger partial charge is 0.383 e. The van der Waals surface area contributed by atoms with Crippen molar-refractivity contribution in [2.24, 2.45) is 0 Å². The molecule has 0 fully saturated rings. The van der Waals surface area contributed by atoms with Gasteiger partial charge in [-0.15, -0.1) is 0 Å². The van der Waals surface area contributed by atoms with Gasteiger partial charge in [0.2, 0.25) is 0 Å². The Hall–Kier alpha value is -2.48. The van der Waals surface area contributed by atoms with Crippen molar-refractivity contribution in [2.75, 3.05) is 11.1 Å². The van der Waals surface area contributed by atoms with Crippen LogP contribution in [0.25, 0.3) is 0 Å². The van der Waals surface area contributed by atoms with Crippen LogP contribution in [0, 0.1) is 18.3 Å². The van der Waals surface area contributed by atoms with Crippen LogP contribution < -0.4 is 11.1 Å². The molecule has 0 bridgehead atoms. The molecular formula is C15H19N5. The molecule has 0 aliphatic carbocycles. The molecule has 0 unspecified atom stereocenters. The van der Waals surface area contributed by atoms with E-state index < -0.39 is 0 Å². The van der Waals surface area contributed by atoms with Crippen molar-refractivity contribution >= 4 is 11.6 Å². The highest BCUT2D eigenvalue weighted by Gasteiger charge is 2.16. The van der Waals surface area contributed by atoms with E-state index in [1.165, 1.54) is 5.56 Å². The first-order chi connectivity index (χ1) is 9.52. The smallest absolute Gasteiger partial charge is 0.168 e. The third-order valence-corrected chi connectivity index (χ3v) is 3.11. The van der Waals surface area contributed by atoms with E-state index in [0.717, 1.165) is 5.56 Å². The fourth-order valence-electron chi connectivity index (χ4n) is 2.03. The molecule has 2 rings (SSSR count). The summed E-state index contributed by atoms with van der Waals surface area (Å²) in [5.41, 5.74) is 8.76. The third-order valence-electron chi connectivity index (χ3n) is 3.11. The minimum Gasteiger partial charge on any atom is -0.383 e. The minimum absolute atomic E-state index is 0.198. The Balaban J connectivity index is 2.36. The molecule has 0 atom stereocenters. The van der Waals surface area contributed by atoms with E-state index in [4.69, 9.17) is 5.73 Å². The molecule has 104 valence electrons. The lowest BCUT2D eigenvalue weighted by Crippen LogP contribution is -2.11. The zero-order chi connectivity index (χ0) is 14.7. The van der Waals surface area contributed by atoms with Crippen molar-refractivity contribution in [2.45, 2.75) is 33.4 Å². The molecule has 5 nitrogen and oxygen atoms in total. The van der Waals surface area contributed by atoms with Gasteiger partial charge in [-0.1, -0.05) is 24.3 Å². The fraction of sp³-hybridized carbons (Fsp3) is 0.333. The molecule has 0 aliphatic heterocycles. The average Bonchev–Trinajstić information content (AvgIpc) is 2.67. The fourth-order valence-corrected chi connectivity index (χ4v) is 2.03. The van der Waals surface area contributed by atoms with Crippen molar-refractivity contribution in [3.05, 3.63) is 41.0 Å². The van der Waals surface area contributed by atoms with Gasteiger partial charge in [0.15, 0.2) is 5.82 Å². The van der Waals surface area contributed by atoms with Crippen molar-refractivity contribution in [3.8, 4) is 6.07 Å². The molecule has 3 N–H and O–H groups in total. The van der Waals surface area contributed by atoms with Crippen LogP contribution in [0.1, 0.15) is 30.5 Å². The Bertz CT molecular complexity index is 649.